The monoisotopic (exact) mass is 415 g/mol. The van der Waals surface area contributed by atoms with Crippen LogP contribution >= 0.6 is 0 Å². The van der Waals surface area contributed by atoms with E-state index in [-0.39, 0.29) is 28.7 Å². The molecule has 4 rings (SSSR count). The van der Waals surface area contributed by atoms with E-state index in [1.165, 1.54) is 10.6 Å². The molecule has 3 heterocycles. The van der Waals surface area contributed by atoms with Crippen molar-refractivity contribution in [2.24, 2.45) is 0 Å². The molecule has 2 aliphatic heterocycles. The molecule has 2 fully saturated rings. The van der Waals surface area contributed by atoms with Gasteiger partial charge in [-0.1, -0.05) is 30.3 Å². The summed E-state index contributed by atoms with van der Waals surface area (Å²) in [5.41, 5.74) is 0.614. The van der Waals surface area contributed by atoms with E-state index in [1.807, 2.05) is 30.3 Å². The van der Waals surface area contributed by atoms with Crippen LogP contribution in [0.1, 0.15) is 28.8 Å². The molecule has 8 heteroatoms. The molecule has 1 N–H and O–H groups in total. The van der Waals surface area contributed by atoms with Gasteiger partial charge in [0.25, 0.3) is 11.5 Å². The average molecular weight is 416 g/mol. The van der Waals surface area contributed by atoms with E-state index in [0.29, 0.717) is 6.54 Å². The van der Waals surface area contributed by atoms with E-state index in [0.717, 1.165) is 31.5 Å². The maximum absolute atomic E-state index is 12.9. The van der Waals surface area contributed by atoms with Crippen molar-refractivity contribution in [2.45, 2.75) is 31.5 Å². The van der Waals surface area contributed by atoms with E-state index < -0.39 is 21.8 Å². The van der Waals surface area contributed by atoms with Crippen LogP contribution in [-0.4, -0.2) is 60.5 Å². The fourth-order valence-electron chi connectivity index (χ4n) is 4.26. The summed E-state index contributed by atoms with van der Waals surface area (Å²) >= 11 is 0. The predicted molar refractivity (Wildman–Crippen MR) is 111 cm³/mol. The molecule has 0 spiro atoms. The van der Waals surface area contributed by atoms with E-state index in [4.69, 9.17) is 0 Å². The lowest BCUT2D eigenvalue weighted by molar-refractivity contribution is 0.0916. The van der Waals surface area contributed by atoms with Crippen molar-refractivity contribution in [1.29, 1.82) is 0 Å². The first kappa shape index (κ1) is 19.8. The van der Waals surface area contributed by atoms with Gasteiger partial charge in [-0.25, -0.2) is 8.42 Å². The van der Waals surface area contributed by atoms with Crippen molar-refractivity contribution < 1.29 is 13.2 Å². The van der Waals surface area contributed by atoms with Gasteiger partial charge in [-0.05, 0) is 43.6 Å². The molecule has 2 unspecified atom stereocenters. The smallest absolute Gasteiger partial charge is 0.263 e. The second-order valence-corrected chi connectivity index (χ2v) is 9.96. The Kier molecular flexibility index (Phi) is 5.56. The summed E-state index contributed by atoms with van der Waals surface area (Å²) in [4.78, 5) is 27.8. The van der Waals surface area contributed by atoms with Crippen LogP contribution in [0.4, 0.5) is 0 Å². The Hall–Kier alpha value is -2.45. The number of sulfone groups is 1. The molecule has 29 heavy (non-hydrogen) atoms. The highest BCUT2D eigenvalue weighted by Gasteiger charge is 2.42. The molecule has 1 amide bonds. The number of nitrogens with zero attached hydrogens (tertiary/aromatic N) is 2. The molecule has 2 saturated heterocycles. The lowest BCUT2D eigenvalue weighted by Gasteiger charge is -2.28. The highest BCUT2D eigenvalue weighted by Crippen LogP contribution is 2.22. The normalized spacial score (nSPS) is 23.9. The van der Waals surface area contributed by atoms with Crippen molar-refractivity contribution in [3.8, 4) is 0 Å². The molecule has 2 aromatic rings. The number of carbonyl (C=O) groups excluding carboxylic acids is 1. The number of amides is 1. The van der Waals surface area contributed by atoms with Crippen LogP contribution in [0, 0.1) is 0 Å². The van der Waals surface area contributed by atoms with Crippen LogP contribution in [0.3, 0.4) is 0 Å². The Labute approximate surface area is 170 Å². The Bertz CT molecular complexity index is 1040. The second-order valence-electron chi connectivity index (χ2n) is 7.81. The molecule has 7 nitrogen and oxygen atoms in total. The molecule has 1 aromatic heterocycles. The molecule has 0 bridgehead atoms. The van der Waals surface area contributed by atoms with Gasteiger partial charge in [0.2, 0.25) is 0 Å². The summed E-state index contributed by atoms with van der Waals surface area (Å²) in [5.74, 6) is -0.528. The SMILES string of the molecule is O=C(NC1CS(=O)(=O)CC1N1CCCC1)c1cccn(Cc2ccccc2)c1=O. The molecule has 1 aromatic carbocycles. The number of aromatic nitrogens is 1. The molecule has 2 aliphatic rings. The molecule has 0 aliphatic carbocycles. The van der Waals surface area contributed by atoms with Gasteiger partial charge in [0.15, 0.2) is 9.84 Å². The zero-order valence-electron chi connectivity index (χ0n) is 16.2. The van der Waals surface area contributed by atoms with Crippen molar-refractivity contribution in [3.63, 3.8) is 0 Å². The van der Waals surface area contributed by atoms with Gasteiger partial charge >= 0.3 is 0 Å². The van der Waals surface area contributed by atoms with E-state index in [1.54, 1.807) is 12.3 Å². The predicted octanol–water partition coefficient (Wildman–Crippen LogP) is 0.888. The van der Waals surface area contributed by atoms with Crippen LogP contribution in [-0.2, 0) is 16.4 Å². The van der Waals surface area contributed by atoms with E-state index in [9.17, 15) is 18.0 Å². The minimum Gasteiger partial charge on any atom is -0.346 e. The van der Waals surface area contributed by atoms with Crippen molar-refractivity contribution in [1.82, 2.24) is 14.8 Å². The number of hydrogen-bond donors (Lipinski definition) is 1. The summed E-state index contributed by atoms with van der Waals surface area (Å²) < 4.78 is 25.9. The lowest BCUT2D eigenvalue weighted by atomic mass is 10.1. The quantitative estimate of drug-likeness (QED) is 0.784. The molecule has 0 radical (unpaired) electrons. The highest BCUT2D eigenvalue weighted by molar-refractivity contribution is 7.91. The summed E-state index contributed by atoms with van der Waals surface area (Å²) in [6.07, 6.45) is 3.74. The first-order valence-corrected chi connectivity index (χ1v) is 11.7. The minimum absolute atomic E-state index is 0.0351. The van der Waals surface area contributed by atoms with Gasteiger partial charge in [-0.15, -0.1) is 0 Å². The van der Waals surface area contributed by atoms with Crippen LogP contribution in [0.25, 0.3) is 0 Å². The Morgan fingerprint density at radius 3 is 2.48 bits per heavy atom. The summed E-state index contributed by atoms with van der Waals surface area (Å²) in [5, 5.41) is 2.84. The highest BCUT2D eigenvalue weighted by atomic mass is 32.2. The largest absolute Gasteiger partial charge is 0.346 e. The van der Waals surface area contributed by atoms with E-state index in [2.05, 4.69) is 10.2 Å². The Balaban J connectivity index is 1.53. The van der Waals surface area contributed by atoms with Crippen molar-refractivity contribution in [2.75, 3.05) is 24.6 Å². The van der Waals surface area contributed by atoms with Gasteiger partial charge in [0.1, 0.15) is 5.56 Å². The number of hydrogen-bond acceptors (Lipinski definition) is 5. The standard InChI is InChI=1S/C21H25N3O4S/c25-20(22-18-14-29(27,28)15-19(18)23-10-4-5-11-23)17-9-6-12-24(21(17)26)13-16-7-2-1-3-8-16/h1-3,6-9,12,18-19H,4-5,10-11,13-15H2,(H,22,25). The van der Waals surface area contributed by atoms with Crippen LogP contribution in [0.15, 0.2) is 53.5 Å². The fourth-order valence-corrected chi connectivity index (χ4v) is 6.21. The zero-order valence-corrected chi connectivity index (χ0v) is 17.0. The molecular formula is C21H25N3O4S. The van der Waals surface area contributed by atoms with Gasteiger partial charge in [0, 0.05) is 12.2 Å². The van der Waals surface area contributed by atoms with Crippen LogP contribution < -0.4 is 10.9 Å². The number of pyridine rings is 1. The van der Waals surface area contributed by atoms with E-state index >= 15 is 0 Å². The Morgan fingerprint density at radius 1 is 1.03 bits per heavy atom. The molecule has 2 atom stereocenters. The fraction of sp³-hybridized carbons (Fsp3) is 0.429. The van der Waals surface area contributed by atoms with Crippen molar-refractivity contribution in [3.05, 3.63) is 70.1 Å². The summed E-state index contributed by atoms with van der Waals surface area (Å²) in [6.45, 7) is 2.07. The van der Waals surface area contributed by atoms with Crippen LogP contribution in [0.5, 0.6) is 0 Å². The number of carbonyl (C=O) groups is 1. The maximum atomic E-state index is 12.9. The number of nitrogens with one attached hydrogen (secondary N) is 1. The van der Waals surface area contributed by atoms with Crippen molar-refractivity contribution >= 4 is 15.7 Å². The number of likely N-dealkylation sites (tertiary alicyclic amines) is 1. The van der Waals surface area contributed by atoms with Crippen LogP contribution in [0.2, 0.25) is 0 Å². The minimum atomic E-state index is -3.21. The molecule has 0 saturated carbocycles. The summed E-state index contributed by atoms with van der Waals surface area (Å²) in [7, 11) is -3.21. The first-order chi connectivity index (χ1) is 13.9. The zero-order chi connectivity index (χ0) is 20.4. The van der Waals surface area contributed by atoms with Gasteiger partial charge in [0.05, 0.1) is 24.1 Å². The number of benzene rings is 1. The first-order valence-electron chi connectivity index (χ1n) is 9.92. The topological polar surface area (TPSA) is 88.5 Å². The molecule has 154 valence electrons. The Morgan fingerprint density at radius 2 is 1.76 bits per heavy atom. The number of rotatable bonds is 5. The lowest BCUT2D eigenvalue weighted by Crippen LogP contribution is -2.51. The third-order valence-corrected chi connectivity index (χ3v) is 7.43. The third-order valence-electron chi connectivity index (χ3n) is 5.71. The second kappa shape index (κ2) is 8.12. The summed E-state index contributed by atoms with van der Waals surface area (Å²) in [6, 6.07) is 12.0. The van der Waals surface area contributed by atoms with Gasteiger partial charge in [-0.2, -0.15) is 0 Å². The van der Waals surface area contributed by atoms with Gasteiger partial charge in [-0.3, -0.25) is 14.5 Å². The third kappa shape index (κ3) is 4.43. The van der Waals surface area contributed by atoms with Gasteiger partial charge < -0.3 is 9.88 Å². The maximum Gasteiger partial charge on any atom is 0.263 e. The molecular weight excluding hydrogens is 390 g/mol. The average Bonchev–Trinajstić information content (AvgIpc) is 3.31.